The van der Waals surface area contributed by atoms with Crippen molar-refractivity contribution in [3.63, 3.8) is 0 Å². The number of alkyl halides is 3. The quantitative estimate of drug-likeness (QED) is 0.645. The Morgan fingerprint density at radius 1 is 1.32 bits per heavy atom. The van der Waals surface area contributed by atoms with Gasteiger partial charge < -0.3 is 10.2 Å². The van der Waals surface area contributed by atoms with Gasteiger partial charge in [-0.15, -0.1) is 0 Å². The first-order valence-electron chi connectivity index (χ1n) is 7.89. The van der Waals surface area contributed by atoms with E-state index in [2.05, 4.69) is 10.3 Å². The molecule has 1 aromatic carbocycles. The molecule has 0 aromatic heterocycles. The third-order valence-electron chi connectivity index (χ3n) is 4.15. The molecule has 0 amide bonds. The summed E-state index contributed by atoms with van der Waals surface area (Å²) in [5.41, 5.74) is 0.0470. The Morgan fingerprint density at radius 2 is 1.96 bits per heavy atom. The molecule has 1 unspecified atom stereocenters. The number of aliphatic imine (C=N–C) groups is 1. The van der Waals surface area contributed by atoms with Gasteiger partial charge in [-0.05, 0) is 30.0 Å². The van der Waals surface area contributed by atoms with Crippen molar-refractivity contribution in [1.29, 1.82) is 0 Å². The lowest BCUT2D eigenvalue weighted by molar-refractivity contribution is -0.137. The van der Waals surface area contributed by atoms with E-state index in [-0.39, 0.29) is 17.4 Å². The fourth-order valence-electron chi connectivity index (χ4n) is 2.80. The molecule has 1 aromatic rings. The lowest BCUT2D eigenvalue weighted by atomic mass is 10.1. The fraction of sp³-hybridized carbons (Fsp3) is 0.562. The molecule has 1 fully saturated rings. The summed E-state index contributed by atoms with van der Waals surface area (Å²) in [6, 6.07) is 5.00. The molecule has 1 aliphatic rings. The van der Waals surface area contributed by atoms with Crippen LogP contribution < -0.4 is 5.32 Å². The number of hydrogen-bond donors (Lipinski definition) is 1. The molecule has 0 bridgehead atoms. The molecule has 0 spiro atoms. The van der Waals surface area contributed by atoms with Gasteiger partial charge in [-0.3, -0.25) is 4.99 Å². The van der Waals surface area contributed by atoms with Gasteiger partial charge in [-0.1, -0.05) is 12.1 Å². The Kier molecular flexibility index (Phi) is 5.97. The number of hydrogen-bond acceptors (Lipinski definition) is 3. The maximum absolute atomic E-state index is 12.6. The van der Waals surface area contributed by atoms with Crippen LogP contribution in [-0.2, 0) is 22.6 Å². The highest BCUT2D eigenvalue weighted by atomic mass is 32.2. The minimum absolute atomic E-state index is 0.0567. The summed E-state index contributed by atoms with van der Waals surface area (Å²) < 4.78 is 60.7. The highest BCUT2D eigenvalue weighted by molar-refractivity contribution is 7.91. The van der Waals surface area contributed by atoms with E-state index in [0.29, 0.717) is 25.5 Å². The first-order valence-corrected chi connectivity index (χ1v) is 9.71. The molecule has 25 heavy (non-hydrogen) atoms. The molecule has 0 saturated carbocycles. The Morgan fingerprint density at radius 3 is 2.44 bits per heavy atom. The predicted molar refractivity (Wildman–Crippen MR) is 91.0 cm³/mol. The topological polar surface area (TPSA) is 61.8 Å². The summed E-state index contributed by atoms with van der Waals surface area (Å²) in [6.45, 7) is 0.893. The summed E-state index contributed by atoms with van der Waals surface area (Å²) in [5, 5.41) is 3.14. The molecule has 0 aliphatic carbocycles. The number of halogens is 3. The molecule has 1 saturated heterocycles. The maximum atomic E-state index is 12.6. The van der Waals surface area contributed by atoms with Crippen molar-refractivity contribution in [1.82, 2.24) is 10.2 Å². The van der Waals surface area contributed by atoms with Gasteiger partial charge in [-0.2, -0.15) is 13.2 Å². The van der Waals surface area contributed by atoms with Gasteiger partial charge >= 0.3 is 6.18 Å². The van der Waals surface area contributed by atoms with Crippen LogP contribution in [-0.4, -0.2) is 51.4 Å². The number of nitrogens with zero attached hydrogens (tertiary/aromatic N) is 2. The van der Waals surface area contributed by atoms with Crippen molar-refractivity contribution in [2.24, 2.45) is 10.9 Å². The van der Waals surface area contributed by atoms with Crippen LogP contribution in [0.3, 0.4) is 0 Å². The van der Waals surface area contributed by atoms with Crippen LogP contribution in [0.25, 0.3) is 0 Å². The normalized spacial score (nSPS) is 20.5. The minimum Gasteiger partial charge on any atom is -0.356 e. The molecular weight excluding hydrogens is 355 g/mol. The zero-order valence-electron chi connectivity index (χ0n) is 14.2. The second-order valence-electron chi connectivity index (χ2n) is 6.25. The lowest BCUT2D eigenvalue weighted by Crippen LogP contribution is -2.40. The number of nitrogens with one attached hydrogen (secondary N) is 1. The molecule has 9 heteroatoms. The lowest BCUT2D eigenvalue weighted by Gasteiger charge is -2.23. The molecular formula is C16H22F3N3O2S. The van der Waals surface area contributed by atoms with Gasteiger partial charge in [0, 0.05) is 27.2 Å². The Labute approximate surface area is 145 Å². The van der Waals surface area contributed by atoms with E-state index < -0.39 is 21.6 Å². The van der Waals surface area contributed by atoms with Gasteiger partial charge in [-0.25, -0.2) is 8.42 Å². The molecule has 5 nitrogen and oxygen atoms in total. The maximum Gasteiger partial charge on any atom is 0.416 e. The summed E-state index contributed by atoms with van der Waals surface area (Å²) in [7, 11) is 0.464. The summed E-state index contributed by atoms with van der Waals surface area (Å²) in [5.74, 6) is 1.03. The average Bonchev–Trinajstić information content (AvgIpc) is 2.87. The first kappa shape index (κ1) is 19.6. The smallest absolute Gasteiger partial charge is 0.356 e. The van der Waals surface area contributed by atoms with Gasteiger partial charge in [0.05, 0.1) is 17.1 Å². The van der Waals surface area contributed by atoms with Crippen LogP contribution in [0.15, 0.2) is 29.3 Å². The Balaban J connectivity index is 1.90. The summed E-state index contributed by atoms with van der Waals surface area (Å²) in [4.78, 5) is 5.92. The highest BCUT2D eigenvalue weighted by Gasteiger charge is 2.30. The van der Waals surface area contributed by atoms with E-state index in [1.165, 1.54) is 12.1 Å². The van der Waals surface area contributed by atoms with Crippen LogP contribution in [0.4, 0.5) is 13.2 Å². The van der Waals surface area contributed by atoms with Crippen molar-refractivity contribution < 1.29 is 21.6 Å². The predicted octanol–water partition coefficient (Wildman–Crippen LogP) is 2.15. The molecule has 2 rings (SSSR count). The van der Waals surface area contributed by atoms with Crippen LogP contribution in [0.5, 0.6) is 0 Å². The zero-order chi connectivity index (χ0) is 18.7. The third kappa shape index (κ3) is 5.62. The SMILES string of the molecule is CN=C(NCC1CCS(=O)(=O)C1)N(C)Cc1ccc(C(F)(F)F)cc1. The molecule has 1 aliphatic heterocycles. The van der Waals surface area contributed by atoms with E-state index in [1.807, 2.05) is 0 Å². The average molecular weight is 377 g/mol. The van der Waals surface area contributed by atoms with E-state index in [4.69, 9.17) is 0 Å². The highest BCUT2D eigenvalue weighted by Crippen LogP contribution is 2.29. The molecule has 1 N–H and O–H groups in total. The van der Waals surface area contributed by atoms with Crippen molar-refractivity contribution in [3.05, 3.63) is 35.4 Å². The molecule has 0 radical (unpaired) electrons. The van der Waals surface area contributed by atoms with E-state index in [1.54, 1.807) is 19.0 Å². The van der Waals surface area contributed by atoms with E-state index >= 15 is 0 Å². The number of rotatable bonds is 4. The second kappa shape index (κ2) is 7.63. The molecule has 1 heterocycles. The zero-order valence-corrected chi connectivity index (χ0v) is 15.0. The largest absolute Gasteiger partial charge is 0.416 e. The van der Waals surface area contributed by atoms with Crippen molar-refractivity contribution in [3.8, 4) is 0 Å². The van der Waals surface area contributed by atoms with Crippen LogP contribution in [0.1, 0.15) is 17.5 Å². The number of sulfone groups is 1. The standard InChI is InChI=1S/C16H22F3N3O2S/c1-20-15(21-9-13-7-8-25(23,24)11-13)22(2)10-12-3-5-14(6-4-12)16(17,18)19/h3-6,13H,7-11H2,1-2H3,(H,20,21). The van der Waals surface area contributed by atoms with Crippen molar-refractivity contribution >= 4 is 15.8 Å². The van der Waals surface area contributed by atoms with Crippen molar-refractivity contribution in [2.45, 2.75) is 19.1 Å². The Hall–Kier alpha value is -1.77. The number of guanidine groups is 1. The van der Waals surface area contributed by atoms with E-state index in [9.17, 15) is 21.6 Å². The monoisotopic (exact) mass is 377 g/mol. The fourth-order valence-corrected chi connectivity index (χ4v) is 4.66. The van der Waals surface area contributed by atoms with Crippen molar-refractivity contribution in [2.75, 3.05) is 32.1 Å². The Bertz CT molecular complexity index is 715. The second-order valence-corrected chi connectivity index (χ2v) is 8.48. The number of benzene rings is 1. The van der Waals surface area contributed by atoms with Gasteiger partial charge in [0.2, 0.25) is 0 Å². The van der Waals surface area contributed by atoms with Crippen LogP contribution in [0.2, 0.25) is 0 Å². The van der Waals surface area contributed by atoms with E-state index in [0.717, 1.165) is 17.7 Å². The first-order chi connectivity index (χ1) is 11.6. The third-order valence-corrected chi connectivity index (χ3v) is 5.99. The minimum atomic E-state index is -4.34. The summed E-state index contributed by atoms with van der Waals surface area (Å²) >= 11 is 0. The van der Waals surface area contributed by atoms with Gasteiger partial charge in [0.25, 0.3) is 0 Å². The van der Waals surface area contributed by atoms with Gasteiger partial charge in [0.15, 0.2) is 15.8 Å². The van der Waals surface area contributed by atoms with Gasteiger partial charge in [0.1, 0.15) is 0 Å². The van der Waals surface area contributed by atoms with Crippen LogP contribution in [0, 0.1) is 5.92 Å². The summed E-state index contributed by atoms with van der Waals surface area (Å²) in [6.07, 6.45) is -3.71. The molecule has 140 valence electrons. The molecule has 1 atom stereocenters. The van der Waals surface area contributed by atoms with Crippen LogP contribution >= 0.6 is 0 Å².